The molecule has 0 aliphatic rings. The van der Waals surface area contributed by atoms with Gasteiger partial charge in [0.05, 0.1) is 27.5 Å². The molecule has 0 saturated carbocycles. The van der Waals surface area contributed by atoms with Crippen LogP contribution in [0.5, 0.6) is 11.5 Å². The molecular weight excluding hydrogens is 341 g/mol. The van der Waals surface area contributed by atoms with Gasteiger partial charge in [0, 0.05) is 10.0 Å². The number of benzene rings is 2. The lowest BCUT2D eigenvalue weighted by Crippen LogP contribution is -2.01. The molecule has 94 valence electrons. The fraction of sp³-hybridized carbons (Fsp3) is 0. The van der Waals surface area contributed by atoms with Crippen LogP contribution >= 0.6 is 39.3 Å². The van der Waals surface area contributed by atoms with Crippen molar-refractivity contribution in [2.45, 2.75) is 0 Å². The van der Waals surface area contributed by atoms with Crippen LogP contribution in [0.3, 0.4) is 0 Å². The van der Waals surface area contributed by atoms with Crippen molar-refractivity contribution < 1.29 is 10.2 Å². The summed E-state index contributed by atoms with van der Waals surface area (Å²) in [5.41, 5.74) is 0.806. The summed E-state index contributed by atoms with van der Waals surface area (Å²) in [5.74, 6) is 0.0475. The third-order valence-corrected chi connectivity index (χ3v) is 3.53. The maximum atomic E-state index is 9.78. The SMILES string of the molecule is Oc1ccc(Cl)cc1N(Br)c1cc(Cl)ccc1O. The molecule has 0 heterocycles. The van der Waals surface area contributed by atoms with Gasteiger partial charge >= 0.3 is 0 Å². The van der Waals surface area contributed by atoms with Gasteiger partial charge in [0.15, 0.2) is 0 Å². The smallest absolute Gasteiger partial charge is 0.140 e. The van der Waals surface area contributed by atoms with Crippen LogP contribution in [-0.4, -0.2) is 10.2 Å². The minimum absolute atomic E-state index is 0.0238. The van der Waals surface area contributed by atoms with Crippen LogP contribution in [0, 0.1) is 0 Å². The number of aromatic hydroxyl groups is 2. The van der Waals surface area contributed by atoms with Crippen LogP contribution < -0.4 is 3.93 Å². The summed E-state index contributed by atoms with van der Waals surface area (Å²) in [4.78, 5) is 0. The fourth-order valence-electron chi connectivity index (χ4n) is 1.44. The molecule has 0 aromatic heterocycles. The molecule has 3 nitrogen and oxygen atoms in total. The summed E-state index contributed by atoms with van der Waals surface area (Å²) in [7, 11) is 0. The van der Waals surface area contributed by atoms with E-state index in [9.17, 15) is 10.2 Å². The van der Waals surface area contributed by atoms with Crippen LogP contribution in [0.4, 0.5) is 11.4 Å². The zero-order chi connectivity index (χ0) is 13.3. The lowest BCUT2D eigenvalue weighted by Gasteiger charge is -2.19. The molecule has 0 fully saturated rings. The first-order chi connectivity index (χ1) is 8.49. The Morgan fingerprint density at radius 1 is 0.833 bits per heavy atom. The van der Waals surface area contributed by atoms with E-state index in [1.165, 1.54) is 16.1 Å². The Morgan fingerprint density at radius 2 is 1.22 bits per heavy atom. The minimum Gasteiger partial charge on any atom is -0.506 e. The van der Waals surface area contributed by atoms with E-state index in [1.807, 2.05) is 0 Å². The van der Waals surface area contributed by atoms with E-state index in [2.05, 4.69) is 16.1 Å². The average Bonchev–Trinajstić information content (AvgIpc) is 2.34. The first-order valence-electron chi connectivity index (χ1n) is 4.92. The van der Waals surface area contributed by atoms with Crippen molar-refractivity contribution in [3.63, 3.8) is 0 Å². The summed E-state index contributed by atoms with van der Waals surface area (Å²) < 4.78 is 1.43. The van der Waals surface area contributed by atoms with Gasteiger partial charge in [-0.3, -0.25) is 3.93 Å². The maximum absolute atomic E-state index is 9.78. The standard InChI is InChI=1S/C12H8BrCl2NO2/c13-16(9-5-7(14)1-3-11(9)17)10-6-8(15)2-4-12(10)18/h1-6,17-18H. The van der Waals surface area contributed by atoms with Crippen LogP contribution in [0.25, 0.3) is 0 Å². The van der Waals surface area contributed by atoms with Crippen molar-refractivity contribution in [3.05, 3.63) is 46.4 Å². The van der Waals surface area contributed by atoms with E-state index in [0.717, 1.165) is 0 Å². The molecule has 0 amide bonds. The van der Waals surface area contributed by atoms with E-state index >= 15 is 0 Å². The Hall–Kier alpha value is -1.10. The molecule has 0 radical (unpaired) electrons. The molecule has 2 N–H and O–H groups in total. The second-order valence-corrected chi connectivity index (χ2v) is 5.13. The maximum Gasteiger partial charge on any atom is 0.140 e. The number of anilines is 2. The minimum atomic E-state index is 0.0238. The highest BCUT2D eigenvalue weighted by Crippen LogP contribution is 2.42. The number of phenols is 2. The summed E-state index contributed by atoms with van der Waals surface area (Å²) >= 11 is 15.0. The quantitative estimate of drug-likeness (QED) is 0.762. The second-order valence-electron chi connectivity index (χ2n) is 3.55. The molecule has 0 bridgehead atoms. The number of phenolic OH excluding ortho intramolecular Hbond substituents is 2. The average molecular weight is 349 g/mol. The zero-order valence-corrected chi connectivity index (χ0v) is 12.0. The molecule has 18 heavy (non-hydrogen) atoms. The van der Waals surface area contributed by atoms with E-state index in [0.29, 0.717) is 21.4 Å². The molecule has 0 atom stereocenters. The Morgan fingerprint density at radius 3 is 1.61 bits per heavy atom. The van der Waals surface area contributed by atoms with Gasteiger partial charge in [0.2, 0.25) is 0 Å². The van der Waals surface area contributed by atoms with E-state index in [-0.39, 0.29) is 11.5 Å². The predicted octanol–water partition coefficient (Wildman–Crippen LogP) is 4.85. The molecule has 0 spiro atoms. The topological polar surface area (TPSA) is 43.7 Å². The van der Waals surface area contributed by atoms with Gasteiger partial charge in [-0.2, -0.15) is 0 Å². The van der Waals surface area contributed by atoms with E-state index in [4.69, 9.17) is 23.2 Å². The third-order valence-electron chi connectivity index (χ3n) is 2.30. The molecule has 0 saturated heterocycles. The van der Waals surface area contributed by atoms with Crippen LogP contribution in [0.2, 0.25) is 10.0 Å². The Kier molecular flexibility index (Phi) is 3.90. The van der Waals surface area contributed by atoms with Gasteiger partial charge in [0.25, 0.3) is 0 Å². The summed E-state index contributed by atoms with van der Waals surface area (Å²) in [6.07, 6.45) is 0. The third kappa shape index (κ3) is 2.66. The first-order valence-corrected chi connectivity index (χ1v) is 6.38. The molecule has 0 aliphatic carbocycles. The Bertz CT molecular complexity index is 541. The number of hydrogen-bond donors (Lipinski definition) is 2. The highest BCUT2D eigenvalue weighted by atomic mass is 79.9. The van der Waals surface area contributed by atoms with Crippen LogP contribution in [-0.2, 0) is 0 Å². The normalized spacial score (nSPS) is 10.4. The fourth-order valence-corrected chi connectivity index (χ4v) is 2.34. The summed E-state index contributed by atoms with van der Waals surface area (Å²) in [6, 6.07) is 9.19. The first kappa shape index (κ1) is 13.3. The van der Waals surface area contributed by atoms with Crippen molar-refractivity contribution in [2.24, 2.45) is 0 Å². The Balaban J connectivity index is 2.50. The molecule has 0 unspecified atom stereocenters. The lowest BCUT2D eigenvalue weighted by molar-refractivity contribution is 0.474. The highest BCUT2D eigenvalue weighted by molar-refractivity contribution is 9.10. The van der Waals surface area contributed by atoms with Crippen molar-refractivity contribution >= 4 is 50.7 Å². The predicted molar refractivity (Wildman–Crippen MR) is 77.3 cm³/mol. The number of hydrogen-bond acceptors (Lipinski definition) is 3. The monoisotopic (exact) mass is 347 g/mol. The summed E-state index contributed by atoms with van der Waals surface area (Å²) in [5, 5.41) is 20.5. The molecule has 0 aliphatic heterocycles. The molecule has 2 aromatic carbocycles. The second kappa shape index (κ2) is 5.26. The van der Waals surface area contributed by atoms with E-state index < -0.39 is 0 Å². The van der Waals surface area contributed by atoms with Gasteiger partial charge in [0.1, 0.15) is 11.5 Å². The van der Waals surface area contributed by atoms with Gasteiger partial charge in [-0.25, -0.2) is 0 Å². The molecular formula is C12H8BrCl2NO2. The van der Waals surface area contributed by atoms with Gasteiger partial charge in [-0.05, 0) is 36.4 Å². The lowest BCUT2D eigenvalue weighted by atomic mass is 10.2. The zero-order valence-electron chi connectivity index (χ0n) is 8.94. The van der Waals surface area contributed by atoms with Crippen LogP contribution in [0.1, 0.15) is 0 Å². The molecule has 2 aromatic rings. The van der Waals surface area contributed by atoms with Crippen LogP contribution in [0.15, 0.2) is 36.4 Å². The van der Waals surface area contributed by atoms with Crippen molar-refractivity contribution in [2.75, 3.05) is 3.93 Å². The van der Waals surface area contributed by atoms with Gasteiger partial charge < -0.3 is 10.2 Å². The molecule has 6 heteroatoms. The largest absolute Gasteiger partial charge is 0.506 e. The van der Waals surface area contributed by atoms with Crippen molar-refractivity contribution in [1.29, 1.82) is 0 Å². The number of nitrogens with zero attached hydrogens (tertiary/aromatic N) is 1. The van der Waals surface area contributed by atoms with E-state index in [1.54, 1.807) is 24.3 Å². The Labute approximate surface area is 123 Å². The number of halogens is 3. The van der Waals surface area contributed by atoms with Gasteiger partial charge in [-0.15, -0.1) is 0 Å². The number of rotatable bonds is 2. The van der Waals surface area contributed by atoms with Crippen molar-refractivity contribution in [3.8, 4) is 11.5 Å². The highest BCUT2D eigenvalue weighted by Gasteiger charge is 2.15. The van der Waals surface area contributed by atoms with Gasteiger partial charge in [-0.1, -0.05) is 23.2 Å². The molecule has 2 rings (SSSR count). The summed E-state index contributed by atoms with van der Waals surface area (Å²) in [6.45, 7) is 0. The van der Waals surface area contributed by atoms with Crippen molar-refractivity contribution in [1.82, 2.24) is 0 Å².